The molecular weight excluding hydrogens is 255 g/mol. The van der Waals surface area contributed by atoms with E-state index >= 15 is 0 Å². The molecule has 0 atom stereocenters. The van der Waals surface area contributed by atoms with Gasteiger partial charge in [0.2, 0.25) is 5.95 Å². The third-order valence-corrected chi connectivity index (χ3v) is 3.63. The maximum atomic E-state index is 12.6. The van der Waals surface area contributed by atoms with Gasteiger partial charge < -0.3 is 9.88 Å². The molecule has 2 heterocycles. The van der Waals surface area contributed by atoms with Crippen LogP contribution in [-0.2, 0) is 0 Å². The van der Waals surface area contributed by atoms with Crippen molar-refractivity contribution in [2.75, 3.05) is 18.0 Å². The Bertz CT molecular complexity index is 535. The number of piperidine rings is 1. The summed E-state index contributed by atoms with van der Waals surface area (Å²) in [7, 11) is 0. The molecular formula is C13H14F3N3. The molecule has 19 heavy (non-hydrogen) atoms. The lowest BCUT2D eigenvalue weighted by Gasteiger charge is -2.32. The third-order valence-electron chi connectivity index (χ3n) is 3.63. The second-order valence-electron chi connectivity index (χ2n) is 4.88. The number of H-pyrrole nitrogens is 1. The van der Waals surface area contributed by atoms with Gasteiger partial charge in [-0.2, -0.15) is 13.2 Å². The highest BCUT2D eigenvalue weighted by atomic mass is 19.4. The highest BCUT2D eigenvalue weighted by molar-refractivity contribution is 5.77. The predicted octanol–water partition coefficient (Wildman–Crippen LogP) is 3.34. The first kappa shape index (κ1) is 12.3. The number of para-hydroxylation sites is 2. The van der Waals surface area contributed by atoms with Gasteiger partial charge in [0.15, 0.2) is 0 Å². The van der Waals surface area contributed by atoms with E-state index in [0.29, 0.717) is 19.0 Å². The molecule has 3 nitrogen and oxygen atoms in total. The number of rotatable bonds is 1. The number of hydrogen-bond acceptors (Lipinski definition) is 2. The third kappa shape index (κ3) is 2.39. The van der Waals surface area contributed by atoms with Crippen LogP contribution in [0.1, 0.15) is 12.8 Å². The van der Waals surface area contributed by atoms with Gasteiger partial charge >= 0.3 is 6.18 Å². The molecule has 0 spiro atoms. The number of imidazole rings is 1. The molecule has 1 aromatic carbocycles. The summed E-state index contributed by atoms with van der Waals surface area (Å²) in [5.41, 5.74) is 1.76. The average Bonchev–Trinajstić information content (AvgIpc) is 2.81. The van der Waals surface area contributed by atoms with Crippen LogP contribution in [-0.4, -0.2) is 29.2 Å². The van der Waals surface area contributed by atoms with Crippen molar-refractivity contribution in [1.82, 2.24) is 9.97 Å². The van der Waals surface area contributed by atoms with E-state index < -0.39 is 12.1 Å². The van der Waals surface area contributed by atoms with Gasteiger partial charge in [-0.25, -0.2) is 4.98 Å². The minimum atomic E-state index is -4.07. The molecule has 0 amide bonds. The summed E-state index contributed by atoms with van der Waals surface area (Å²) >= 11 is 0. The van der Waals surface area contributed by atoms with Crippen LogP contribution < -0.4 is 4.90 Å². The minimum absolute atomic E-state index is 0.139. The second-order valence-corrected chi connectivity index (χ2v) is 4.88. The molecule has 0 aliphatic carbocycles. The molecule has 3 rings (SSSR count). The van der Waals surface area contributed by atoms with E-state index in [2.05, 4.69) is 9.97 Å². The van der Waals surface area contributed by atoms with Crippen molar-refractivity contribution in [1.29, 1.82) is 0 Å². The maximum Gasteiger partial charge on any atom is 0.391 e. The lowest BCUT2D eigenvalue weighted by molar-refractivity contribution is -0.179. The minimum Gasteiger partial charge on any atom is -0.342 e. The number of hydrogen-bond donors (Lipinski definition) is 1. The maximum absolute atomic E-state index is 12.6. The number of nitrogens with one attached hydrogen (secondary N) is 1. The molecule has 2 aromatic rings. The molecule has 1 saturated heterocycles. The first-order valence-electron chi connectivity index (χ1n) is 6.30. The zero-order valence-corrected chi connectivity index (χ0v) is 10.2. The quantitative estimate of drug-likeness (QED) is 0.861. The molecule has 0 radical (unpaired) electrons. The van der Waals surface area contributed by atoms with E-state index in [1.165, 1.54) is 0 Å². The summed E-state index contributed by atoms with van der Waals surface area (Å²) in [6.45, 7) is 0.786. The van der Waals surface area contributed by atoms with Crippen LogP contribution in [0.2, 0.25) is 0 Å². The lowest BCUT2D eigenvalue weighted by Crippen LogP contribution is -2.39. The van der Waals surface area contributed by atoms with E-state index in [-0.39, 0.29) is 12.8 Å². The average molecular weight is 269 g/mol. The SMILES string of the molecule is FC(F)(F)C1CCN(c2nc3ccccc3[nH]2)CC1. The topological polar surface area (TPSA) is 31.9 Å². The van der Waals surface area contributed by atoms with Crippen molar-refractivity contribution < 1.29 is 13.2 Å². The fourth-order valence-corrected chi connectivity index (χ4v) is 2.51. The Hall–Kier alpha value is -1.72. The van der Waals surface area contributed by atoms with Gasteiger partial charge in [0.25, 0.3) is 0 Å². The van der Waals surface area contributed by atoms with Crippen LogP contribution in [0.25, 0.3) is 11.0 Å². The molecule has 0 unspecified atom stereocenters. The molecule has 1 aliphatic heterocycles. The second kappa shape index (κ2) is 4.43. The predicted molar refractivity (Wildman–Crippen MR) is 67.1 cm³/mol. The lowest BCUT2D eigenvalue weighted by atomic mass is 9.96. The number of fused-ring (bicyclic) bond motifs is 1. The van der Waals surface area contributed by atoms with Gasteiger partial charge in [-0.15, -0.1) is 0 Å². The highest BCUT2D eigenvalue weighted by Crippen LogP contribution is 2.35. The van der Waals surface area contributed by atoms with Crippen LogP contribution in [0.3, 0.4) is 0 Å². The number of benzene rings is 1. The summed E-state index contributed by atoms with van der Waals surface area (Å²) in [6, 6.07) is 7.59. The van der Waals surface area contributed by atoms with E-state index in [1.54, 1.807) is 0 Å². The number of aromatic nitrogens is 2. The fourth-order valence-electron chi connectivity index (χ4n) is 2.51. The van der Waals surface area contributed by atoms with Gasteiger partial charge in [-0.3, -0.25) is 0 Å². The summed E-state index contributed by atoms with van der Waals surface area (Å²) < 4.78 is 37.8. The number of alkyl halides is 3. The van der Waals surface area contributed by atoms with Crippen LogP contribution >= 0.6 is 0 Å². The first-order valence-corrected chi connectivity index (χ1v) is 6.30. The van der Waals surface area contributed by atoms with Gasteiger partial charge in [0.05, 0.1) is 17.0 Å². The normalized spacial score (nSPS) is 18.2. The largest absolute Gasteiger partial charge is 0.391 e. The monoisotopic (exact) mass is 269 g/mol. The van der Waals surface area contributed by atoms with Crippen molar-refractivity contribution in [3.63, 3.8) is 0 Å². The molecule has 1 fully saturated rings. The smallest absolute Gasteiger partial charge is 0.342 e. The fraction of sp³-hybridized carbons (Fsp3) is 0.462. The Labute approximate surface area is 108 Å². The standard InChI is InChI=1S/C13H14F3N3/c14-13(15,16)9-5-7-19(8-6-9)12-17-10-3-1-2-4-11(10)18-12/h1-4,9H,5-8H2,(H,17,18). The number of aromatic amines is 1. The van der Waals surface area contributed by atoms with Gasteiger partial charge in [-0.05, 0) is 25.0 Å². The van der Waals surface area contributed by atoms with E-state index in [9.17, 15) is 13.2 Å². The number of anilines is 1. The van der Waals surface area contributed by atoms with E-state index in [1.807, 2.05) is 29.2 Å². The van der Waals surface area contributed by atoms with Gasteiger partial charge in [0, 0.05) is 13.1 Å². The van der Waals surface area contributed by atoms with E-state index in [4.69, 9.17) is 0 Å². The molecule has 0 bridgehead atoms. The van der Waals surface area contributed by atoms with Gasteiger partial charge in [0.1, 0.15) is 0 Å². The summed E-state index contributed by atoms with van der Waals surface area (Å²) in [5, 5.41) is 0. The van der Waals surface area contributed by atoms with Crippen molar-refractivity contribution in [2.24, 2.45) is 5.92 Å². The Morgan fingerprint density at radius 2 is 1.84 bits per heavy atom. The van der Waals surface area contributed by atoms with Crippen molar-refractivity contribution in [3.05, 3.63) is 24.3 Å². The molecule has 1 N–H and O–H groups in total. The van der Waals surface area contributed by atoms with Crippen molar-refractivity contribution in [3.8, 4) is 0 Å². The molecule has 102 valence electrons. The Morgan fingerprint density at radius 1 is 1.16 bits per heavy atom. The highest BCUT2D eigenvalue weighted by Gasteiger charge is 2.41. The Morgan fingerprint density at radius 3 is 2.47 bits per heavy atom. The van der Waals surface area contributed by atoms with Gasteiger partial charge in [-0.1, -0.05) is 12.1 Å². The zero-order chi connectivity index (χ0) is 13.5. The molecule has 0 saturated carbocycles. The van der Waals surface area contributed by atoms with Crippen molar-refractivity contribution in [2.45, 2.75) is 19.0 Å². The first-order chi connectivity index (χ1) is 9.04. The summed E-state index contributed by atoms with van der Waals surface area (Å²) in [4.78, 5) is 9.46. The van der Waals surface area contributed by atoms with E-state index in [0.717, 1.165) is 11.0 Å². The number of halogens is 3. The number of nitrogens with zero attached hydrogens (tertiary/aromatic N) is 2. The Kier molecular flexibility index (Phi) is 2.88. The molecule has 1 aliphatic rings. The van der Waals surface area contributed by atoms with Crippen molar-refractivity contribution >= 4 is 17.0 Å². The van der Waals surface area contributed by atoms with Crippen LogP contribution in [0.4, 0.5) is 19.1 Å². The van der Waals surface area contributed by atoms with Crippen LogP contribution in [0.5, 0.6) is 0 Å². The molecule has 6 heteroatoms. The summed E-state index contributed by atoms with van der Waals surface area (Å²) in [5.74, 6) is -0.505. The summed E-state index contributed by atoms with van der Waals surface area (Å²) in [6.07, 6.45) is -3.79. The van der Waals surface area contributed by atoms with Crippen LogP contribution in [0, 0.1) is 5.92 Å². The zero-order valence-electron chi connectivity index (χ0n) is 10.2. The molecule has 1 aromatic heterocycles. The Balaban J connectivity index is 1.74. The van der Waals surface area contributed by atoms with Crippen LogP contribution in [0.15, 0.2) is 24.3 Å².